The average Bonchev–Trinajstić information content (AvgIpc) is 2.29. The van der Waals surface area contributed by atoms with Crippen molar-refractivity contribution < 1.29 is 9.47 Å². The van der Waals surface area contributed by atoms with Gasteiger partial charge in [-0.05, 0) is 30.0 Å². The Hall–Kier alpha value is -0.540. The summed E-state index contributed by atoms with van der Waals surface area (Å²) >= 11 is 3.44. The zero-order valence-corrected chi connectivity index (χ0v) is 11.4. The van der Waals surface area contributed by atoms with Crippen LogP contribution in [0.25, 0.3) is 0 Å². The van der Waals surface area contributed by atoms with E-state index in [0.29, 0.717) is 13.2 Å². The first-order valence-electron chi connectivity index (χ1n) is 5.32. The maximum atomic E-state index is 5.70. The Bertz CT molecular complexity index is 324. The average molecular weight is 286 g/mol. The molecule has 0 aliphatic rings. The van der Waals surface area contributed by atoms with Crippen molar-refractivity contribution in [2.45, 2.75) is 18.2 Å². The monoisotopic (exact) mass is 285 g/mol. The van der Waals surface area contributed by atoms with Gasteiger partial charge in [0.25, 0.3) is 0 Å². The van der Waals surface area contributed by atoms with Crippen LogP contribution in [0, 0.1) is 6.92 Å². The summed E-state index contributed by atoms with van der Waals surface area (Å²) in [5.74, 6) is 1.14. The second-order valence-corrected chi connectivity index (χ2v) is 4.31. The topological polar surface area (TPSA) is 18.5 Å². The largest absolute Gasteiger partial charge is 0.491 e. The SMILES string of the molecule is [CH2]C(C)c1ccc(CBr)cc1OCCOC. The summed E-state index contributed by atoms with van der Waals surface area (Å²) in [5.41, 5.74) is 2.35. The minimum Gasteiger partial charge on any atom is -0.491 e. The third-order valence-corrected chi connectivity index (χ3v) is 2.96. The zero-order chi connectivity index (χ0) is 12.0. The molecule has 0 spiro atoms. The first-order chi connectivity index (χ1) is 7.69. The highest BCUT2D eigenvalue weighted by Gasteiger charge is 2.08. The van der Waals surface area contributed by atoms with Crippen LogP contribution in [-0.4, -0.2) is 20.3 Å². The molecule has 0 saturated carbocycles. The normalized spacial score (nSPS) is 10.8. The number of hydrogen-bond acceptors (Lipinski definition) is 2. The Balaban J connectivity index is 2.83. The van der Waals surface area contributed by atoms with Crippen LogP contribution in [-0.2, 0) is 10.1 Å². The predicted molar refractivity (Wildman–Crippen MR) is 70.2 cm³/mol. The van der Waals surface area contributed by atoms with Crippen molar-refractivity contribution in [3.05, 3.63) is 36.2 Å². The molecule has 1 rings (SSSR count). The maximum absolute atomic E-state index is 5.70. The molecule has 1 aromatic carbocycles. The van der Waals surface area contributed by atoms with Gasteiger partial charge >= 0.3 is 0 Å². The van der Waals surface area contributed by atoms with E-state index in [0.717, 1.165) is 16.6 Å². The highest BCUT2D eigenvalue weighted by atomic mass is 79.9. The fourth-order valence-corrected chi connectivity index (χ4v) is 1.78. The van der Waals surface area contributed by atoms with Gasteiger partial charge in [-0.1, -0.05) is 35.0 Å². The molecule has 2 nitrogen and oxygen atoms in total. The van der Waals surface area contributed by atoms with Crippen LogP contribution in [0.15, 0.2) is 18.2 Å². The quantitative estimate of drug-likeness (QED) is 0.588. The molecule has 0 N–H and O–H groups in total. The number of methoxy groups -OCH3 is 1. The van der Waals surface area contributed by atoms with Crippen LogP contribution in [0.4, 0.5) is 0 Å². The molecule has 16 heavy (non-hydrogen) atoms. The first-order valence-corrected chi connectivity index (χ1v) is 6.44. The second-order valence-electron chi connectivity index (χ2n) is 3.75. The number of benzene rings is 1. The zero-order valence-electron chi connectivity index (χ0n) is 9.83. The van der Waals surface area contributed by atoms with Gasteiger partial charge in [0.1, 0.15) is 12.4 Å². The van der Waals surface area contributed by atoms with Crippen molar-refractivity contribution in [2.24, 2.45) is 0 Å². The minimum absolute atomic E-state index is 0.224. The van der Waals surface area contributed by atoms with E-state index in [9.17, 15) is 0 Å². The van der Waals surface area contributed by atoms with E-state index in [-0.39, 0.29) is 5.92 Å². The molecular formula is C13H18BrO2. The standard InChI is InChI=1S/C13H18BrO2/c1-10(2)12-5-4-11(9-14)8-13(12)16-7-6-15-3/h4-5,8,10H,1,6-7,9H2,2-3H3. The Morgan fingerprint density at radius 3 is 2.69 bits per heavy atom. The molecule has 0 aromatic heterocycles. The van der Waals surface area contributed by atoms with E-state index in [1.807, 2.05) is 0 Å². The van der Waals surface area contributed by atoms with Crippen LogP contribution in [0.2, 0.25) is 0 Å². The predicted octanol–water partition coefficient (Wildman–Crippen LogP) is 3.54. The van der Waals surface area contributed by atoms with E-state index in [1.54, 1.807) is 7.11 Å². The lowest BCUT2D eigenvalue weighted by molar-refractivity contribution is 0.145. The second kappa shape index (κ2) is 6.92. The van der Waals surface area contributed by atoms with E-state index in [4.69, 9.17) is 9.47 Å². The third kappa shape index (κ3) is 3.80. The molecule has 0 bridgehead atoms. The molecule has 3 heteroatoms. The van der Waals surface area contributed by atoms with Gasteiger partial charge < -0.3 is 9.47 Å². The van der Waals surface area contributed by atoms with Gasteiger partial charge in [-0.2, -0.15) is 0 Å². The van der Waals surface area contributed by atoms with Crippen molar-refractivity contribution in [3.63, 3.8) is 0 Å². The first kappa shape index (κ1) is 13.5. The van der Waals surface area contributed by atoms with E-state index < -0.39 is 0 Å². The lowest BCUT2D eigenvalue weighted by atomic mass is 10.0. The molecule has 0 fully saturated rings. The molecule has 1 aromatic rings. The Morgan fingerprint density at radius 2 is 2.12 bits per heavy atom. The molecule has 0 aliphatic heterocycles. The number of alkyl halides is 1. The summed E-state index contributed by atoms with van der Waals surface area (Å²) in [4.78, 5) is 0. The Labute approximate surface area is 106 Å². The highest BCUT2D eigenvalue weighted by Crippen LogP contribution is 2.28. The van der Waals surface area contributed by atoms with Crippen LogP contribution < -0.4 is 4.74 Å². The summed E-state index contributed by atoms with van der Waals surface area (Å²) in [6, 6.07) is 6.23. The Kier molecular flexibility index (Phi) is 5.85. The minimum atomic E-state index is 0.224. The van der Waals surface area contributed by atoms with Crippen molar-refractivity contribution in [1.29, 1.82) is 0 Å². The van der Waals surface area contributed by atoms with E-state index >= 15 is 0 Å². The lowest BCUT2D eigenvalue weighted by Crippen LogP contribution is -2.06. The maximum Gasteiger partial charge on any atom is 0.123 e. The fraction of sp³-hybridized carbons (Fsp3) is 0.462. The van der Waals surface area contributed by atoms with Gasteiger partial charge in [-0.25, -0.2) is 0 Å². The van der Waals surface area contributed by atoms with Crippen LogP contribution in [0.3, 0.4) is 0 Å². The van der Waals surface area contributed by atoms with Crippen molar-refractivity contribution >= 4 is 15.9 Å². The molecular weight excluding hydrogens is 268 g/mol. The third-order valence-electron chi connectivity index (χ3n) is 2.31. The molecule has 0 heterocycles. The van der Waals surface area contributed by atoms with Gasteiger partial charge in [0.15, 0.2) is 0 Å². The number of ether oxygens (including phenoxy) is 2. The van der Waals surface area contributed by atoms with Crippen molar-refractivity contribution in [1.82, 2.24) is 0 Å². The van der Waals surface area contributed by atoms with Gasteiger partial charge in [-0.15, -0.1) is 0 Å². The molecule has 89 valence electrons. The number of hydrogen-bond donors (Lipinski definition) is 0. The number of halogens is 1. The summed E-state index contributed by atoms with van der Waals surface area (Å²) in [6.45, 7) is 7.26. The van der Waals surface area contributed by atoms with Gasteiger partial charge in [0.2, 0.25) is 0 Å². The Morgan fingerprint density at radius 1 is 1.38 bits per heavy atom. The molecule has 0 amide bonds. The summed E-state index contributed by atoms with van der Waals surface area (Å²) in [7, 11) is 1.67. The summed E-state index contributed by atoms with van der Waals surface area (Å²) < 4.78 is 10.7. The molecule has 1 unspecified atom stereocenters. The summed E-state index contributed by atoms with van der Waals surface area (Å²) in [6.07, 6.45) is 0. The fourth-order valence-electron chi connectivity index (χ4n) is 1.43. The van der Waals surface area contributed by atoms with E-state index in [2.05, 4.69) is 48.0 Å². The van der Waals surface area contributed by atoms with Crippen molar-refractivity contribution in [3.8, 4) is 5.75 Å². The summed E-state index contributed by atoms with van der Waals surface area (Å²) in [5, 5.41) is 0.833. The number of rotatable bonds is 6. The highest BCUT2D eigenvalue weighted by molar-refractivity contribution is 9.08. The van der Waals surface area contributed by atoms with Crippen LogP contribution in [0.1, 0.15) is 24.0 Å². The molecule has 0 aliphatic carbocycles. The molecule has 1 radical (unpaired) electrons. The van der Waals surface area contributed by atoms with Gasteiger partial charge in [0.05, 0.1) is 6.61 Å². The van der Waals surface area contributed by atoms with Gasteiger partial charge in [-0.3, -0.25) is 0 Å². The van der Waals surface area contributed by atoms with Crippen molar-refractivity contribution in [2.75, 3.05) is 20.3 Å². The van der Waals surface area contributed by atoms with Crippen LogP contribution >= 0.6 is 15.9 Å². The molecule has 1 atom stereocenters. The van der Waals surface area contributed by atoms with Crippen LogP contribution in [0.5, 0.6) is 5.75 Å². The lowest BCUT2D eigenvalue weighted by Gasteiger charge is -2.14. The van der Waals surface area contributed by atoms with Gasteiger partial charge in [0, 0.05) is 12.4 Å². The molecule has 0 saturated heterocycles. The smallest absolute Gasteiger partial charge is 0.123 e. The van der Waals surface area contributed by atoms with E-state index in [1.165, 1.54) is 5.56 Å².